The number of hydrogen-bond acceptors (Lipinski definition) is 3. The molecule has 1 rings (SSSR count). The second-order valence-corrected chi connectivity index (χ2v) is 5.30. The van der Waals surface area contributed by atoms with E-state index in [1.54, 1.807) is 0 Å². The Morgan fingerprint density at radius 2 is 2.13 bits per heavy atom. The zero-order valence-corrected chi connectivity index (χ0v) is 10.1. The van der Waals surface area contributed by atoms with Gasteiger partial charge in [-0.1, -0.05) is 20.8 Å². The first-order valence-corrected chi connectivity index (χ1v) is 5.48. The molecule has 1 heterocycles. The Morgan fingerprint density at radius 3 is 2.60 bits per heavy atom. The average molecular weight is 214 g/mol. The minimum atomic E-state index is -0.432. The van der Waals surface area contributed by atoms with Gasteiger partial charge in [-0.05, 0) is 12.3 Å². The first kappa shape index (κ1) is 12.5. The Kier molecular flexibility index (Phi) is 3.73. The van der Waals surface area contributed by atoms with E-state index in [0.29, 0.717) is 19.8 Å². The molecule has 2 atom stereocenters. The molecule has 0 bridgehead atoms. The summed E-state index contributed by atoms with van der Waals surface area (Å²) in [5.41, 5.74) is 5.77. The van der Waals surface area contributed by atoms with E-state index in [2.05, 4.69) is 0 Å². The summed E-state index contributed by atoms with van der Waals surface area (Å²) < 4.78 is 5.29. The second kappa shape index (κ2) is 4.49. The van der Waals surface area contributed by atoms with Gasteiger partial charge < -0.3 is 15.4 Å². The Hall–Kier alpha value is -0.610. The number of rotatable bonds is 1. The highest BCUT2D eigenvalue weighted by Crippen LogP contribution is 2.20. The number of carbonyl (C=O) groups excluding carboxylic acids is 1. The van der Waals surface area contributed by atoms with Crippen LogP contribution in [0.3, 0.4) is 0 Å². The van der Waals surface area contributed by atoms with E-state index in [4.69, 9.17) is 10.5 Å². The smallest absolute Gasteiger partial charge is 0.240 e. The van der Waals surface area contributed by atoms with E-state index in [-0.39, 0.29) is 17.4 Å². The predicted molar refractivity (Wildman–Crippen MR) is 59.4 cm³/mol. The highest BCUT2D eigenvalue weighted by atomic mass is 16.5. The third-order valence-electron chi connectivity index (χ3n) is 2.85. The Morgan fingerprint density at radius 1 is 1.53 bits per heavy atom. The molecule has 88 valence electrons. The van der Waals surface area contributed by atoms with Gasteiger partial charge in [0.2, 0.25) is 5.91 Å². The van der Waals surface area contributed by atoms with Crippen molar-refractivity contribution in [2.75, 3.05) is 19.8 Å². The SMILES string of the molecule is CC1COCCN1C(=O)[C@H](N)C(C)(C)C. The summed E-state index contributed by atoms with van der Waals surface area (Å²) in [6.07, 6.45) is 0. The van der Waals surface area contributed by atoms with Crippen molar-refractivity contribution in [3.8, 4) is 0 Å². The van der Waals surface area contributed by atoms with Gasteiger partial charge in [0, 0.05) is 6.54 Å². The normalized spacial score (nSPS) is 25.1. The average Bonchev–Trinajstić information content (AvgIpc) is 2.15. The van der Waals surface area contributed by atoms with Gasteiger partial charge in [0.05, 0.1) is 25.3 Å². The summed E-state index contributed by atoms with van der Waals surface area (Å²) in [7, 11) is 0. The fourth-order valence-corrected chi connectivity index (χ4v) is 1.60. The number of nitrogens with two attached hydrogens (primary N) is 1. The topological polar surface area (TPSA) is 55.6 Å². The predicted octanol–water partition coefficient (Wildman–Crippen LogP) is 0.607. The number of amides is 1. The lowest BCUT2D eigenvalue weighted by molar-refractivity contribution is -0.142. The summed E-state index contributed by atoms with van der Waals surface area (Å²) >= 11 is 0. The van der Waals surface area contributed by atoms with Gasteiger partial charge in [0.15, 0.2) is 0 Å². The summed E-state index contributed by atoms with van der Waals surface area (Å²) in [4.78, 5) is 13.9. The van der Waals surface area contributed by atoms with Gasteiger partial charge in [0.25, 0.3) is 0 Å². The second-order valence-electron chi connectivity index (χ2n) is 5.30. The van der Waals surface area contributed by atoms with Crippen molar-refractivity contribution in [2.24, 2.45) is 11.1 Å². The molecule has 1 aliphatic rings. The van der Waals surface area contributed by atoms with Crippen molar-refractivity contribution >= 4 is 5.91 Å². The molecule has 0 aromatic rings. The van der Waals surface area contributed by atoms with Crippen LogP contribution in [-0.4, -0.2) is 42.6 Å². The van der Waals surface area contributed by atoms with Gasteiger partial charge in [-0.25, -0.2) is 0 Å². The minimum absolute atomic E-state index is 0.0401. The highest BCUT2D eigenvalue weighted by molar-refractivity contribution is 5.82. The van der Waals surface area contributed by atoms with Crippen molar-refractivity contribution in [3.05, 3.63) is 0 Å². The number of ether oxygens (including phenoxy) is 1. The molecule has 2 N–H and O–H groups in total. The van der Waals surface area contributed by atoms with Crippen molar-refractivity contribution < 1.29 is 9.53 Å². The first-order chi connectivity index (χ1) is 6.84. The van der Waals surface area contributed by atoms with Gasteiger partial charge in [-0.15, -0.1) is 0 Å². The van der Waals surface area contributed by atoms with Crippen LogP contribution in [0, 0.1) is 5.41 Å². The van der Waals surface area contributed by atoms with Gasteiger partial charge >= 0.3 is 0 Å². The van der Waals surface area contributed by atoms with Crippen LogP contribution in [0.1, 0.15) is 27.7 Å². The maximum atomic E-state index is 12.1. The summed E-state index contributed by atoms with van der Waals surface area (Å²) in [6.45, 7) is 9.84. The molecule has 1 unspecified atom stereocenters. The lowest BCUT2D eigenvalue weighted by Crippen LogP contribution is -2.56. The quantitative estimate of drug-likeness (QED) is 0.695. The third-order valence-corrected chi connectivity index (χ3v) is 2.85. The number of hydrogen-bond donors (Lipinski definition) is 1. The first-order valence-electron chi connectivity index (χ1n) is 5.48. The number of morpholine rings is 1. The number of nitrogens with zero attached hydrogens (tertiary/aromatic N) is 1. The van der Waals surface area contributed by atoms with Crippen LogP contribution in [0.2, 0.25) is 0 Å². The third kappa shape index (κ3) is 2.92. The van der Waals surface area contributed by atoms with Crippen LogP contribution in [0.15, 0.2) is 0 Å². The maximum absolute atomic E-state index is 12.1. The Labute approximate surface area is 91.8 Å². The van der Waals surface area contributed by atoms with E-state index in [9.17, 15) is 4.79 Å². The van der Waals surface area contributed by atoms with Crippen LogP contribution in [0.4, 0.5) is 0 Å². The van der Waals surface area contributed by atoms with Crippen LogP contribution < -0.4 is 5.73 Å². The molecular formula is C11H22N2O2. The van der Waals surface area contributed by atoms with Crippen molar-refractivity contribution in [1.82, 2.24) is 4.90 Å². The fraction of sp³-hybridized carbons (Fsp3) is 0.909. The van der Waals surface area contributed by atoms with Crippen LogP contribution in [0.5, 0.6) is 0 Å². The lowest BCUT2D eigenvalue weighted by Gasteiger charge is -2.38. The summed E-state index contributed by atoms with van der Waals surface area (Å²) in [6, 6.07) is -0.294. The zero-order chi connectivity index (χ0) is 11.6. The van der Waals surface area contributed by atoms with Gasteiger partial charge in [-0.2, -0.15) is 0 Å². The van der Waals surface area contributed by atoms with E-state index in [1.807, 2.05) is 32.6 Å². The largest absolute Gasteiger partial charge is 0.377 e. The van der Waals surface area contributed by atoms with Crippen LogP contribution >= 0.6 is 0 Å². The van der Waals surface area contributed by atoms with Crippen molar-refractivity contribution in [2.45, 2.75) is 39.8 Å². The van der Waals surface area contributed by atoms with Crippen LogP contribution in [-0.2, 0) is 9.53 Å². The van der Waals surface area contributed by atoms with Gasteiger partial charge in [0.1, 0.15) is 0 Å². The number of carbonyl (C=O) groups is 1. The van der Waals surface area contributed by atoms with Crippen molar-refractivity contribution in [3.63, 3.8) is 0 Å². The molecule has 0 aromatic carbocycles. The molecule has 15 heavy (non-hydrogen) atoms. The molecule has 1 saturated heterocycles. The molecule has 4 heteroatoms. The zero-order valence-electron chi connectivity index (χ0n) is 10.1. The monoisotopic (exact) mass is 214 g/mol. The molecule has 0 radical (unpaired) electrons. The lowest BCUT2D eigenvalue weighted by atomic mass is 9.86. The minimum Gasteiger partial charge on any atom is -0.377 e. The molecule has 1 amide bonds. The molecule has 0 spiro atoms. The summed E-state index contributed by atoms with van der Waals surface area (Å²) in [5.74, 6) is 0.0401. The molecule has 0 saturated carbocycles. The van der Waals surface area contributed by atoms with E-state index < -0.39 is 6.04 Å². The molecule has 1 aliphatic heterocycles. The molecule has 1 fully saturated rings. The van der Waals surface area contributed by atoms with E-state index >= 15 is 0 Å². The molecule has 0 aliphatic carbocycles. The molecule has 4 nitrogen and oxygen atoms in total. The van der Waals surface area contributed by atoms with Crippen LogP contribution in [0.25, 0.3) is 0 Å². The Balaban J connectivity index is 2.66. The maximum Gasteiger partial charge on any atom is 0.240 e. The Bertz CT molecular complexity index is 235. The van der Waals surface area contributed by atoms with E-state index in [0.717, 1.165) is 0 Å². The van der Waals surface area contributed by atoms with E-state index in [1.165, 1.54) is 0 Å². The van der Waals surface area contributed by atoms with Crippen molar-refractivity contribution in [1.29, 1.82) is 0 Å². The van der Waals surface area contributed by atoms with Gasteiger partial charge in [-0.3, -0.25) is 4.79 Å². The summed E-state index contributed by atoms with van der Waals surface area (Å²) in [5, 5.41) is 0. The standard InChI is InChI=1S/C11H22N2O2/c1-8-7-15-6-5-13(8)10(14)9(12)11(2,3)4/h8-9H,5-7,12H2,1-4H3/t8?,9-/m0/s1. The fourth-order valence-electron chi connectivity index (χ4n) is 1.60. The molecular weight excluding hydrogens is 192 g/mol. The highest BCUT2D eigenvalue weighted by Gasteiger charge is 2.34. The molecule has 0 aromatic heterocycles.